The van der Waals surface area contributed by atoms with Crippen LogP contribution in [0.1, 0.15) is 23.2 Å². The van der Waals surface area contributed by atoms with E-state index in [0.717, 1.165) is 70.0 Å². The molecule has 4 rings (SSSR count). The van der Waals surface area contributed by atoms with E-state index in [4.69, 9.17) is 0 Å². The summed E-state index contributed by atoms with van der Waals surface area (Å²) in [5.41, 5.74) is 1.81. The Morgan fingerprint density at radius 1 is 0.893 bits per heavy atom. The fourth-order valence-corrected chi connectivity index (χ4v) is 3.99. The molecule has 0 bridgehead atoms. The average molecular weight is 379 g/mol. The summed E-state index contributed by atoms with van der Waals surface area (Å²) >= 11 is 0. The van der Waals surface area contributed by atoms with Gasteiger partial charge in [0.2, 0.25) is 11.9 Å². The highest BCUT2D eigenvalue weighted by Crippen LogP contribution is 2.25. The van der Waals surface area contributed by atoms with Crippen LogP contribution in [0.25, 0.3) is 0 Å². The van der Waals surface area contributed by atoms with Crippen LogP contribution in [0.2, 0.25) is 0 Å². The van der Waals surface area contributed by atoms with E-state index >= 15 is 0 Å². The molecule has 0 unspecified atom stereocenters. The maximum atomic E-state index is 12.9. The lowest BCUT2D eigenvalue weighted by atomic mass is 9.94. The second kappa shape index (κ2) is 8.37. The Labute approximate surface area is 165 Å². The fourth-order valence-electron chi connectivity index (χ4n) is 3.99. The van der Waals surface area contributed by atoms with E-state index in [2.05, 4.69) is 19.8 Å². The number of carbonyl (C=O) groups is 2. The van der Waals surface area contributed by atoms with Gasteiger partial charge in [-0.05, 0) is 43.2 Å². The minimum Gasteiger partial charge on any atom is -0.371 e. The van der Waals surface area contributed by atoms with Crippen molar-refractivity contribution < 1.29 is 9.59 Å². The van der Waals surface area contributed by atoms with E-state index in [1.807, 2.05) is 35.2 Å². The zero-order valence-corrected chi connectivity index (χ0v) is 15.9. The van der Waals surface area contributed by atoms with Gasteiger partial charge in [-0.25, -0.2) is 9.97 Å². The third kappa shape index (κ3) is 3.98. The predicted molar refractivity (Wildman–Crippen MR) is 108 cm³/mol. The molecule has 7 heteroatoms. The summed E-state index contributed by atoms with van der Waals surface area (Å²) in [4.78, 5) is 38.8. The second-order valence-corrected chi connectivity index (χ2v) is 7.33. The molecule has 0 spiro atoms. The largest absolute Gasteiger partial charge is 0.371 e. The van der Waals surface area contributed by atoms with Crippen LogP contribution in [0.5, 0.6) is 0 Å². The van der Waals surface area contributed by atoms with Gasteiger partial charge in [0.25, 0.3) is 0 Å². The molecular formula is C21H25N5O2. The number of piperidine rings is 1. The first kappa shape index (κ1) is 18.4. The van der Waals surface area contributed by atoms with Gasteiger partial charge in [-0.15, -0.1) is 0 Å². The lowest BCUT2D eigenvalue weighted by Crippen LogP contribution is -2.52. The minimum atomic E-state index is 0.102. The van der Waals surface area contributed by atoms with Gasteiger partial charge in [0.05, 0.1) is 0 Å². The molecule has 2 fully saturated rings. The van der Waals surface area contributed by atoms with Gasteiger partial charge in [-0.2, -0.15) is 0 Å². The highest BCUT2D eigenvalue weighted by Gasteiger charge is 2.30. The van der Waals surface area contributed by atoms with E-state index < -0.39 is 0 Å². The SMILES string of the molecule is O=Cc1ccc(N2CCC(C(=O)N3CCN(c4ncccn4)CC3)CC2)cc1. The predicted octanol–water partition coefficient (Wildman–Crippen LogP) is 1.85. The van der Waals surface area contributed by atoms with Crippen molar-refractivity contribution >= 4 is 23.8 Å². The first-order chi connectivity index (χ1) is 13.7. The summed E-state index contributed by atoms with van der Waals surface area (Å²) in [6.45, 7) is 4.74. The molecule has 0 N–H and O–H groups in total. The molecule has 2 aliphatic heterocycles. The summed E-state index contributed by atoms with van der Waals surface area (Å²) in [5, 5.41) is 0. The Balaban J connectivity index is 1.28. The van der Waals surface area contributed by atoms with E-state index in [0.29, 0.717) is 5.56 Å². The lowest BCUT2D eigenvalue weighted by molar-refractivity contribution is -0.136. The van der Waals surface area contributed by atoms with E-state index in [1.165, 1.54) is 0 Å². The summed E-state index contributed by atoms with van der Waals surface area (Å²) in [6, 6.07) is 9.46. The topological polar surface area (TPSA) is 69.6 Å². The Hall–Kier alpha value is -2.96. The number of aldehydes is 1. The van der Waals surface area contributed by atoms with Crippen molar-refractivity contribution in [3.8, 4) is 0 Å². The number of hydrogen-bond acceptors (Lipinski definition) is 6. The molecule has 28 heavy (non-hydrogen) atoms. The number of nitrogens with zero attached hydrogens (tertiary/aromatic N) is 5. The lowest BCUT2D eigenvalue weighted by Gasteiger charge is -2.39. The highest BCUT2D eigenvalue weighted by molar-refractivity contribution is 5.79. The van der Waals surface area contributed by atoms with Gasteiger partial charge in [0, 0.05) is 68.8 Å². The van der Waals surface area contributed by atoms with Crippen molar-refractivity contribution in [2.45, 2.75) is 12.8 Å². The summed E-state index contributed by atoms with van der Waals surface area (Å²) < 4.78 is 0. The molecule has 1 aromatic heterocycles. The number of hydrogen-bond donors (Lipinski definition) is 0. The maximum absolute atomic E-state index is 12.9. The smallest absolute Gasteiger partial charge is 0.225 e. The third-order valence-electron chi connectivity index (χ3n) is 5.66. The van der Waals surface area contributed by atoms with Crippen molar-refractivity contribution in [3.05, 3.63) is 48.3 Å². The highest BCUT2D eigenvalue weighted by atomic mass is 16.2. The minimum absolute atomic E-state index is 0.102. The van der Waals surface area contributed by atoms with Crippen LogP contribution in [0.15, 0.2) is 42.7 Å². The first-order valence-electron chi connectivity index (χ1n) is 9.85. The van der Waals surface area contributed by atoms with Crippen molar-refractivity contribution in [3.63, 3.8) is 0 Å². The Kier molecular flexibility index (Phi) is 5.50. The first-order valence-corrected chi connectivity index (χ1v) is 9.85. The van der Waals surface area contributed by atoms with E-state index in [1.54, 1.807) is 12.4 Å². The second-order valence-electron chi connectivity index (χ2n) is 7.33. The van der Waals surface area contributed by atoms with Crippen LogP contribution < -0.4 is 9.80 Å². The maximum Gasteiger partial charge on any atom is 0.225 e. The molecule has 2 aliphatic rings. The number of benzene rings is 1. The molecule has 1 amide bonds. The fraction of sp³-hybridized carbons (Fsp3) is 0.429. The number of anilines is 2. The Morgan fingerprint density at radius 3 is 2.14 bits per heavy atom. The molecule has 2 aromatic rings. The molecule has 1 aromatic carbocycles. The van der Waals surface area contributed by atoms with Crippen LogP contribution in [0, 0.1) is 5.92 Å². The molecule has 0 radical (unpaired) electrons. The van der Waals surface area contributed by atoms with Crippen LogP contribution in [-0.2, 0) is 4.79 Å². The van der Waals surface area contributed by atoms with Gasteiger partial charge >= 0.3 is 0 Å². The number of amides is 1. The summed E-state index contributed by atoms with van der Waals surface area (Å²) in [6.07, 6.45) is 6.10. The average Bonchev–Trinajstić information content (AvgIpc) is 2.79. The molecular weight excluding hydrogens is 354 g/mol. The van der Waals surface area contributed by atoms with Crippen LogP contribution in [0.3, 0.4) is 0 Å². The van der Waals surface area contributed by atoms with Gasteiger partial charge in [0.1, 0.15) is 6.29 Å². The zero-order valence-electron chi connectivity index (χ0n) is 15.9. The standard InChI is InChI=1S/C21H25N5O2/c27-16-17-2-4-19(5-3-17)24-10-6-18(7-11-24)20(28)25-12-14-26(15-13-25)21-22-8-1-9-23-21/h1-5,8-9,16,18H,6-7,10-15H2. The summed E-state index contributed by atoms with van der Waals surface area (Å²) in [7, 11) is 0. The number of rotatable bonds is 4. The Morgan fingerprint density at radius 2 is 1.54 bits per heavy atom. The van der Waals surface area contributed by atoms with Crippen LogP contribution in [0.4, 0.5) is 11.6 Å². The summed E-state index contributed by atoms with van der Waals surface area (Å²) in [5.74, 6) is 1.12. The molecule has 0 atom stereocenters. The van der Waals surface area contributed by atoms with Crippen molar-refractivity contribution in [1.29, 1.82) is 0 Å². The van der Waals surface area contributed by atoms with Gasteiger partial charge in [-0.3, -0.25) is 9.59 Å². The molecule has 0 saturated carbocycles. The van der Waals surface area contributed by atoms with Gasteiger partial charge in [-0.1, -0.05) is 0 Å². The van der Waals surface area contributed by atoms with Crippen LogP contribution in [-0.4, -0.2) is 66.3 Å². The molecule has 7 nitrogen and oxygen atoms in total. The zero-order chi connectivity index (χ0) is 19.3. The van der Waals surface area contributed by atoms with Gasteiger partial charge in [0.15, 0.2) is 0 Å². The van der Waals surface area contributed by atoms with Gasteiger partial charge < -0.3 is 14.7 Å². The van der Waals surface area contributed by atoms with Crippen molar-refractivity contribution in [1.82, 2.24) is 14.9 Å². The van der Waals surface area contributed by atoms with E-state index in [-0.39, 0.29) is 11.8 Å². The molecule has 0 aliphatic carbocycles. The monoisotopic (exact) mass is 379 g/mol. The molecule has 2 saturated heterocycles. The van der Waals surface area contributed by atoms with Crippen LogP contribution >= 0.6 is 0 Å². The van der Waals surface area contributed by atoms with Crippen molar-refractivity contribution in [2.75, 3.05) is 49.1 Å². The molecule has 3 heterocycles. The number of aromatic nitrogens is 2. The Bertz CT molecular complexity index is 795. The quantitative estimate of drug-likeness (QED) is 0.755. The molecule has 146 valence electrons. The normalized spacial score (nSPS) is 18.2. The van der Waals surface area contributed by atoms with Crippen molar-refractivity contribution in [2.24, 2.45) is 5.92 Å². The number of carbonyl (C=O) groups excluding carboxylic acids is 2. The number of piperazine rings is 1. The van der Waals surface area contributed by atoms with E-state index in [9.17, 15) is 9.59 Å². The third-order valence-corrected chi connectivity index (χ3v) is 5.66.